The van der Waals surface area contributed by atoms with Gasteiger partial charge in [-0.2, -0.15) is 0 Å². The smallest absolute Gasteiger partial charge is 0.203 e. The molecule has 4 rings (SSSR count). The van der Waals surface area contributed by atoms with Crippen molar-refractivity contribution in [2.75, 3.05) is 49.5 Å². The number of hydrogen-bond acceptors (Lipinski definition) is 4. The molecule has 0 spiro atoms. The lowest BCUT2D eigenvalue weighted by Gasteiger charge is -2.19. The van der Waals surface area contributed by atoms with E-state index in [1.165, 1.54) is 0 Å². The fourth-order valence-electron chi connectivity index (χ4n) is 3.73. The van der Waals surface area contributed by atoms with Crippen LogP contribution in [0, 0.1) is 6.92 Å². The van der Waals surface area contributed by atoms with Gasteiger partial charge in [0.2, 0.25) is 5.36 Å². The van der Waals surface area contributed by atoms with Crippen molar-refractivity contribution in [3.05, 3.63) is 59.5 Å². The highest BCUT2D eigenvalue weighted by Gasteiger charge is 2.20. The SMILES string of the molecule is CI.Cc1c(-c2c3ccc(=[N+](C)C)cc-3oc3cc(N(C)C)ccc23)ccc(N)c1N. The molecule has 1 heterocycles. The highest BCUT2D eigenvalue weighted by atomic mass is 127. The molecule has 6 heteroatoms. The molecule has 0 fully saturated rings. The van der Waals surface area contributed by atoms with Gasteiger partial charge in [0, 0.05) is 48.4 Å². The van der Waals surface area contributed by atoms with Crippen LogP contribution < -0.4 is 26.3 Å². The minimum absolute atomic E-state index is 0.602. The second kappa shape index (κ2) is 9.18. The van der Waals surface area contributed by atoms with Crippen LogP contribution >= 0.6 is 22.6 Å². The van der Waals surface area contributed by atoms with Crippen LogP contribution in [-0.2, 0) is 0 Å². The van der Waals surface area contributed by atoms with E-state index in [4.69, 9.17) is 15.9 Å². The Labute approximate surface area is 197 Å². The number of alkyl halides is 1. The number of nitrogens with two attached hydrogens (primary N) is 2. The van der Waals surface area contributed by atoms with Crippen molar-refractivity contribution in [3.63, 3.8) is 0 Å². The van der Waals surface area contributed by atoms with Crippen molar-refractivity contribution in [2.24, 2.45) is 0 Å². The van der Waals surface area contributed by atoms with Crippen LogP contribution in [0.1, 0.15) is 5.56 Å². The number of rotatable bonds is 2. The second-order valence-electron chi connectivity index (χ2n) is 7.87. The standard InChI is InChI=1S/C24H26N4O.CH3I/c1-14-17(10-11-20(25)24(14)26)23-18-8-6-15(27(2)3)12-21(18)29-22-13-16(28(4)5)7-9-19(22)23;1-2/h6-13,25H,26H2,1-5H3;1H3/p+1. The van der Waals surface area contributed by atoms with E-state index in [0.29, 0.717) is 11.4 Å². The molecule has 31 heavy (non-hydrogen) atoms. The number of halogens is 1. The third-order valence-electron chi connectivity index (χ3n) is 5.54. The normalized spacial score (nSPS) is 10.7. The monoisotopic (exact) mass is 529 g/mol. The van der Waals surface area contributed by atoms with Gasteiger partial charge in [-0.15, -0.1) is 0 Å². The first-order valence-corrected chi connectivity index (χ1v) is 12.1. The molecule has 0 radical (unpaired) electrons. The molecule has 2 aromatic carbocycles. The highest BCUT2D eigenvalue weighted by molar-refractivity contribution is 14.1. The van der Waals surface area contributed by atoms with Crippen LogP contribution in [0.25, 0.3) is 33.4 Å². The van der Waals surface area contributed by atoms with E-state index in [9.17, 15) is 0 Å². The third-order valence-corrected chi connectivity index (χ3v) is 5.54. The zero-order valence-electron chi connectivity index (χ0n) is 19.0. The minimum atomic E-state index is 0.602. The average Bonchev–Trinajstić information content (AvgIpc) is 2.77. The van der Waals surface area contributed by atoms with E-state index in [1.807, 2.05) is 46.1 Å². The fourth-order valence-corrected chi connectivity index (χ4v) is 3.73. The van der Waals surface area contributed by atoms with E-state index in [-0.39, 0.29) is 0 Å². The Kier molecular flexibility index (Phi) is 6.79. The molecule has 5 nitrogen and oxygen atoms in total. The summed E-state index contributed by atoms with van der Waals surface area (Å²) >= 11 is 2.15. The van der Waals surface area contributed by atoms with E-state index >= 15 is 0 Å². The Bertz CT molecular complexity index is 1290. The molecular weight excluding hydrogens is 499 g/mol. The van der Waals surface area contributed by atoms with E-state index in [1.54, 1.807) is 0 Å². The van der Waals surface area contributed by atoms with Crippen LogP contribution in [0.5, 0.6) is 0 Å². The van der Waals surface area contributed by atoms with Crippen LogP contribution in [-0.4, -0.2) is 33.1 Å². The zero-order chi connectivity index (χ0) is 22.9. The van der Waals surface area contributed by atoms with Crippen molar-refractivity contribution < 1.29 is 4.42 Å². The number of nitrogen functional groups attached to an aromatic ring is 2. The summed E-state index contributed by atoms with van der Waals surface area (Å²) in [6.07, 6.45) is 0. The first-order valence-electron chi connectivity index (χ1n) is 9.99. The number of benzene rings is 3. The van der Waals surface area contributed by atoms with Crippen LogP contribution in [0.3, 0.4) is 0 Å². The second-order valence-corrected chi connectivity index (χ2v) is 7.87. The van der Waals surface area contributed by atoms with E-state index in [0.717, 1.165) is 50.0 Å². The van der Waals surface area contributed by atoms with Gasteiger partial charge in [-0.25, -0.2) is 4.58 Å². The summed E-state index contributed by atoms with van der Waals surface area (Å²) in [6, 6.07) is 16.5. The molecule has 0 unspecified atom stereocenters. The minimum Gasteiger partial charge on any atom is -0.456 e. The lowest BCUT2D eigenvalue weighted by molar-refractivity contribution is 0.617. The number of anilines is 3. The molecule has 0 atom stereocenters. The van der Waals surface area contributed by atoms with Gasteiger partial charge in [0.1, 0.15) is 25.4 Å². The maximum atomic E-state index is 6.37. The van der Waals surface area contributed by atoms with E-state index in [2.05, 4.69) is 74.5 Å². The lowest BCUT2D eigenvalue weighted by atomic mass is 9.90. The summed E-state index contributed by atoms with van der Waals surface area (Å²) in [4.78, 5) is 4.04. The molecule has 162 valence electrons. The van der Waals surface area contributed by atoms with E-state index < -0.39 is 0 Å². The molecule has 2 aromatic rings. The molecule has 0 amide bonds. The maximum absolute atomic E-state index is 6.37. The number of hydrogen-bond donors (Lipinski definition) is 2. The van der Waals surface area contributed by atoms with Crippen molar-refractivity contribution in [2.45, 2.75) is 6.92 Å². The van der Waals surface area contributed by atoms with Gasteiger partial charge in [0.15, 0.2) is 0 Å². The van der Waals surface area contributed by atoms with Crippen LogP contribution in [0.4, 0.5) is 17.1 Å². The quantitative estimate of drug-likeness (QED) is 0.128. The zero-order valence-corrected chi connectivity index (χ0v) is 21.1. The predicted octanol–water partition coefficient (Wildman–Crippen LogP) is 4.83. The topological polar surface area (TPSA) is 71.4 Å². The van der Waals surface area contributed by atoms with Crippen molar-refractivity contribution in [3.8, 4) is 22.5 Å². The average molecular weight is 529 g/mol. The summed E-state index contributed by atoms with van der Waals surface area (Å²) in [5, 5.41) is 2.14. The summed E-state index contributed by atoms with van der Waals surface area (Å²) in [5.41, 5.74) is 19.7. The Balaban J connectivity index is 0.00000132. The molecule has 0 saturated heterocycles. The largest absolute Gasteiger partial charge is 0.456 e. The van der Waals surface area contributed by atoms with Gasteiger partial charge >= 0.3 is 0 Å². The van der Waals surface area contributed by atoms with Gasteiger partial charge in [-0.3, -0.25) is 0 Å². The van der Waals surface area contributed by atoms with Gasteiger partial charge in [0.25, 0.3) is 0 Å². The van der Waals surface area contributed by atoms with Crippen molar-refractivity contribution in [1.29, 1.82) is 0 Å². The molecule has 1 aliphatic carbocycles. The molecule has 0 saturated carbocycles. The van der Waals surface area contributed by atoms with Crippen LogP contribution in [0.15, 0.2) is 52.9 Å². The molecule has 2 aliphatic rings. The Hall–Kier alpha value is -2.74. The third kappa shape index (κ3) is 4.21. The van der Waals surface area contributed by atoms with Gasteiger partial charge in [-0.05, 0) is 47.2 Å². The number of fused-ring (bicyclic) bond motifs is 2. The Morgan fingerprint density at radius 1 is 0.903 bits per heavy atom. The summed E-state index contributed by atoms with van der Waals surface area (Å²) < 4.78 is 8.45. The molecule has 1 aliphatic heterocycles. The summed E-state index contributed by atoms with van der Waals surface area (Å²) in [5.74, 6) is 0.837. The maximum Gasteiger partial charge on any atom is 0.203 e. The summed E-state index contributed by atoms with van der Waals surface area (Å²) in [7, 11) is 8.10. The van der Waals surface area contributed by atoms with Gasteiger partial charge in [0.05, 0.1) is 17.4 Å². The molecule has 0 bridgehead atoms. The first kappa shape index (κ1) is 22.9. The molecule has 0 aromatic heterocycles. The Morgan fingerprint density at radius 3 is 2.23 bits per heavy atom. The lowest BCUT2D eigenvalue weighted by Crippen LogP contribution is -2.21. The summed E-state index contributed by atoms with van der Waals surface area (Å²) in [6.45, 7) is 2.02. The Morgan fingerprint density at radius 2 is 1.58 bits per heavy atom. The van der Waals surface area contributed by atoms with Crippen molar-refractivity contribution >= 4 is 50.6 Å². The fraction of sp³-hybridized carbons (Fsp3) is 0.240. The van der Waals surface area contributed by atoms with Gasteiger partial charge in [-0.1, -0.05) is 28.7 Å². The van der Waals surface area contributed by atoms with Gasteiger partial charge < -0.3 is 20.8 Å². The van der Waals surface area contributed by atoms with Crippen molar-refractivity contribution in [1.82, 2.24) is 4.58 Å². The molecule has 4 N–H and O–H groups in total. The van der Waals surface area contributed by atoms with Crippen LogP contribution in [0.2, 0.25) is 0 Å². The first-order chi connectivity index (χ1) is 14.8. The predicted molar refractivity (Wildman–Crippen MR) is 143 cm³/mol. The number of nitrogens with zero attached hydrogens (tertiary/aromatic N) is 2. The highest BCUT2D eigenvalue weighted by Crippen LogP contribution is 2.43. The molecular formula is C25H30IN4O+.